The predicted molar refractivity (Wildman–Crippen MR) is 78.5 cm³/mol. The highest BCUT2D eigenvalue weighted by Crippen LogP contribution is 2.60. The molecule has 2 fully saturated rings. The van der Waals surface area contributed by atoms with Gasteiger partial charge in [0.1, 0.15) is 0 Å². The molecule has 0 amide bonds. The molecular formula is C15H29NS. The van der Waals surface area contributed by atoms with E-state index >= 15 is 0 Å². The molecule has 0 atom stereocenters. The Labute approximate surface area is 111 Å². The van der Waals surface area contributed by atoms with Gasteiger partial charge in [0.25, 0.3) is 0 Å². The molecule has 0 bridgehead atoms. The summed E-state index contributed by atoms with van der Waals surface area (Å²) in [6.45, 7) is 5.61. The molecule has 0 saturated heterocycles. The highest BCUT2D eigenvalue weighted by molar-refractivity contribution is 8.01. The number of nitrogens with two attached hydrogens (primary N) is 1. The summed E-state index contributed by atoms with van der Waals surface area (Å²) in [4.78, 5) is 0. The van der Waals surface area contributed by atoms with Gasteiger partial charge < -0.3 is 5.73 Å². The first-order chi connectivity index (χ1) is 8.17. The maximum absolute atomic E-state index is 6.10. The van der Waals surface area contributed by atoms with Crippen LogP contribution in [0.15, 0.2) is 0 Å². The smallest absolute Gasteiger partial charge is 0.0295 e. The minimum absolute atomic E-state index is 0.452. The fraction of sp³-hybridized carbons (Fsp3) is 1.00. The lowest BCUT2D eigenvalue weighted by atomic mass is 9.58. The number of hydrogen-bond donors (Lipinski definition) is 1. The number of thioether (sulfide) groups is 1. The molecule has 0 aliphatic heterocycles. The first-order valence-electron chi connectivity index (χ1n) is 7.55. The van der Waals surface area contributed by atoms with Crippen LogP contribution < -0.4 is 5.73 Å². The average Bonchev–Trinajstić information content (AvgIpc) is 2.35. The molecule has 1 nitrogen and oxygen atoms in total. The van der Waals surface area contributed by atoms with Gasteiger partial charge in [-0.15, -0.1) is 0 Å². The summed E-state index contributed by atoms with van der Waals surface area (Å²) in [6.07, 6.45) is 12.7. The first-order valence-corrected chi connectivity index (χ1v) is 8.43. The Morgan fingerprint density at radius 3 is 2.12 bits per heavy atom. The molecule has 2 N–H and O–H groups in total. The van der Waals surface area contributed by atoms with Gasteiger partial charge in [0.05, 0.1) is 0 Å². The summed E-state index contributed by atoms with van der Waals surface area (Å²) in [6, 6.07) is 0. The van der Waals surface area contributed by atoms with Gasteiger partial charge in [-0.25, -0.2) is 0 Å². The summed E-state index contributed by atoms with van der Waals surface area (Å²) in [5.74, 6) is 0. The van der Waals surface area contributed by atoms with Crippen molar-refractivity contribution in [3.8, 4) is 0 Å². The zero-order valence-corrected chi connectivity index (χ0v) is 12.5. The third kappa shape index (κ3) is 2.84. The highest BCUT2D eigenvalue weighted by Gasteiger charge is 2.52. The molecule has 2 rings (SSSR count). The van der Waals surface area contributed by atoms with E-state index in [1.165, 1.54) is 57.8 Å². The van der Waals surface area contributed by atoms with Crippen molar-refractivity contribution < 1.29 is 0 Å². The Hall–Kier alpha value is 0.310. The van der Waals surface area contributed by atoms with E-state index < -0.39 is 0 Å². The highest BCUT2D eigenvalue weighted by atomic mass is 32.2. The zero-order valence-electron chi connectivity index (χ0n) is 11.6. The Bertz CT molecular complexity index is 233. The van der Waals surface area contributed by atoms with Crippen LogP contribution in [-0.4, -0.2) is 16.5 Å². The summed E-state index contributed by atoms with van der Waals surface area (Å²) in [5, 5.41) is 0.916. The standard InChI is InChI=1S/C15H29NS/c1-3-14(4-2)10-15(11-14,12-16)17-13-8-6-5-7-9-13/h13H,3-12,16H2,1-2H3. The van der Waals surface area contributed by atoms with E-state index in [0.29, 0.717) is 10.2 Å². The molecule has 0 aromatic rings. The maximum atomic E-state index is 6.10. The van der Waals surface area contributed by atoms with Crippen LogP contribution in [0.2, 0.25) is 0 Å². The van der Waals surface area contributed by atoms with Crippen LogP contribution >= 0.6 is 11.8 Å². The zero-order chi connectivity index (χ0) is 12.4. The third-order valence-corrected chi connectivity index (χ3v) is 7.00. The van der Waals surface area contributed by atoms with Crippen molar-refractivity contribution in [3.63, 3.8) is 0 Å². The summed E-state index contributed by atoms with van der Waals surface area (Å²) >= 11 is 2.26. The van der Waals surface area contributed by atoms with E-state index in [1.54, 1.807) is 0 Å². The lowest BCUT2D eigenvalue weighted by molar-refractivity contribution is 0.0744. The summed E-state index contributed by atoms with van der Waals surface area (Å²) in [5.41, 5.74) is 6.74. The van der Waals surface area contributed by atoms with E-state index in [0.717, 1.165) is 11.8 Å². The van der Waals surface area contributed by atoms with E-state index in [9.17, 15) is 0 Å². The second-order valence-electron chi connectivity index (χ2n) is 6.33. The van der Waals surface area contributed by atoms with Crippen molar-refractivity contribution in [2.75, 3.05) is 6.54 Å². The monoisotopic (exact) mass is 255 g/mol. The van der Waals surface area contributed by atoms with Gasteiger partial charge in [-0.1, -0.05) is 46.0 Å². The van der Waals surface area contributed by atoms with Crippen LogP contribution in [-0.2, 0) is 0 Å². The lowest BCUT2D eigenvalue weighted by Crippen LogP contribution is -2.54. The van der Waals surface area contributed by atoms with Gasteiger partial charge in [0.2, 0.25) is 0 Å². The van der Waals surface area contributed by atoms with E-state index in [4.69, 9.17) is 5.73 Å². The molecule has 0 unspecified atom stereocenters. The van der Waals surface area contributed by atoms with E-state index in [-0.39, 0.29) is 0 Å². The maximum Gasteiger partial charge on any atom is 0.0295 e. The van der Waals surface area contributed by atoms with Crippen molar-refractivity contribution in [1.82, 2.24) is 0 Å². The van der Waals surface area contributed by atoms with Crippen molar-refractivity contribution in [2.24, 2.45) is 11.1 Å². The van der Waals surface area contributed by atoms with Gasteiger partial charge in [0.15, 0.2) is 0 Å². The first kappa shape index (κ1) is 13.7. The SMILES string of the molecule is CCC1(CC)CC(CN)(SC2CCCCC2)C1. The van der Waals surface area contributed by atoms with Crippen LogP contribution in [0, 0.1) is 5.41 Å². The van der Waals surface area contributed by atoms with Crippen molar-refractivity contribution in [3.05, 3.63) is 0 Å². The number of rotatable bonds is 5. The van der Waals surface area contributed by atoms with Gasteiger partial charge in [-0.2, -0.15) is 11.8 Å². The second-order valence-corrected chi connectivity index (χ2v) is 8.09. The van der Waals surface area contributed by atoms with Crippen LogP contribution in [0.3, 0.4) is 0 Å². The van der Waals surface area contributed by atoms with E-state index in [2.05, 4.69) is 25.6 Å². The van der Waals surface area contributed by atoms with Gasteiger partial charge in [-0.05, 0) is 31.1 Å². The third-order valence-electron chi connectivity index (χ3n) is 5.24. The second kappa shape index (κ2) is 5.52. The molecule has 0 spiro atoms. The molecule has 2 aliphatic rings. The largest absolute Gasteiger partial charge is 0.329 e. The van der Waals surface area contributed by atoms with Crippen molar-refractivity contribution in [1.29, 1.82) is 0 Å². The van der Waals surface area contributed by atoms with E-state index in [1.807, 2.05) is 0 Å². The summed E-state index contributed by atoms with van der Waals surface area (Å²) in [7, 11) is 0. The summed E-state index contributed by atoms with van der Waals surface area (Å²) < 4.78 is 0.452. The van der Waals surface area contributed by atoms with Crippen molar-refractivity contribution >= 4 is 11.8 Å². The topological polar surface area (TPSA) is 26.0 Å². The van der Waals surface area contributed by atoms with Gasteiger partial charge in [-0.3, -0.25) is 0 Å². The molecule has 17 heavy (non-hydrogen) atoms. The fourth-order valence-electron chi connectivity index (χ4n) is 3.88. The van der Waals surface area contributed by atoms with Crippen LogP contribution in [0.5, 0.6) is 0 Å². The lowest BCUT2D eigenvalue weighted by Gasteiger charge is -2.57. The molecule has 2 aliphatic carbocycles. The van der Waals surface area contributed by atoms with Crippen molar-refractivity contribution in [2.45, 2.75) is 81.6 Å². The normalized spacial score (nSPS) is 27.7. The Balaban J connectivity index is 1.89. The molecular weight excluding hydrogens is 226 g/mol. The molecule has 0 aromatic carbocycles. The average molecular weight is 255 g/mol. The molecule has 0 aromatic heterocycles. The van der Waals surface area contributed by atoms with Crippen LogP contribution in [0.25, 0.3) is 0 Å². The Kier molecular flexibility index (Phi) is 4.46. The molecule has 0 radical (unpaired) electrons. The molecule has 100 valence electrons. The quantitative estimate of drug-likeness (QED) is 0.790. The van der Waals surface area contributed by atoms with Crippen LogP contribution in [0.4, 0.5) is 0 Å². The minimum Gasteiger partial charge on any atom is -0.329 e. The molecule has 2 saturated carbocycles. The number of hydrogen-bond acceptors (Lipinski definition) is 2. The molecule has 0 heterocycles. The predicted octanol–water partition coefficient (Wildman–Crippen LogP) is 4.35. The van der Waals surface area contributed by atoms with Gasteiger partial charge in [0, 0.05) is 16.5 Å². The molecule has 2 heteroatoms. The van der Waals surface area contributed by atoms with Crippen LogP contribution in [0.1, 0.15) is 71.6 Å². The minimum atomic E-state index is 0.452. The Morgan fingerprint density at radius 1 is 1.06 bits per heavy atom. The Morgan fingerprint density at radius 2 is 1.65 bits per heavy atom. The fourth-order valence-corrected chi connectivity index (χ4v) is 6.03. The van der Waals surface area contributed by atoms with Gasteiger partial charge >= 0.3 is 0 Å².